The number of nitrogens with one attached hydrogen (secondary N) is 2. The summed E-state index contributed by atoms with van der Waals surface area (Å²) in [5, 5.41) is 5.49. The molecule has 1 fully saturated rings. The maximum atomic E-state index is 13.0. The van der Waals surface area contributed by atoms with E-state index < -0.39 is 10.0 Å². The minimum Gasteiger partial charge on any atom is -0.355 e. The first-order chi connectivity index (χ1) is 15.1. The van der Waals surface area contributed by atoms with Crippen LogP contribution in [0.4, 0.5) is 5.69 Å². The molecule has 2 N–H and O–H groups in total. The molecule has 7 nitrogen and oxygen atoms in total. The Bertz CT molecular complexity index is 1090. The number of amides is 2. The zero-order chi connectivity index (χ0) is 23.5. The van der Waals surface area contributed by atoms with Crippen LogP contribution in [0.15, 0.2) is 47.4 Å². The third-order valence-corrected chi connectivity index (χ3v) is 7.91. The number of piperidine rings is 1. The summed E-state index contributed by atoms with van der Waals surface area (Å²) in [5.41, 5.74) is 3.01. The van der Waals surface area contributed by atoms with Crippen LogP contribution in [0.5, 0.6) is 0 Å². The van der Waals surface area contributed by atoms with Crippen molar-refractivity contribution in [2.24, 2.45) is 5.92 Å². The number of anilines is 1. The Hall–Kier alpha value is -2.71. The second-order valence-electron chi connectivity index (χ2n) is 8.50. The van der Waals surface area contributed by atoms with Crippen LogP contribution in [0.2, 0.25) is 0 Å². The number of carbonyl (C=O) groups excluding carboxylic acids is 2. The lowest BCUT2D eigenvalue weighted by Crippen LogP contribution is -2.41. The fraction of sp³-hybridized carbons (Fsp3) is 0.417. The van der Waals surface area contributed by atoms with Crippen LogP contribution in [0.25, 0.3) is 0 Å². The minimum atomic E-state index is -3.58. The standard InChI is InChI=1S/C24H31N3O4S/c1-16(2)18-7-9-21(10-8-18)32(30,31)27-13-11-19(12-14-27)24(29)26-22-15-20(23(28)25-4)6-5-17(22)3/h5-10,15-16,19H,11-14H2,1-4H3,(H,25,28)(H,26,29). The fourth-order valence-corrected chi connectivity index (χ4v) is 5.28. The summed E-state index contributed by atoms with van der Waals surface area (Å²) >= 11 is 0. The lowest BCUT2D eigenvalue weighted by Gasteiger charge is -2.30. The van der Waals surface area contributed by atoms with Crippen molar-refractivity contribution in [1.82, 2.24) is 9.62 Å². The number of nitrogens with zero attached hydrogens (tertiary/aromatic N) is 1. The molecule has 2 amide bonds. The van der Waals surface area contributed by atoms with Crippen molar-refractivity contribution in [3.05, 3.63) is 59.2 Å². The van der Waals surface area contributed by atoms with Crippen LogP contribution in [0.1, 0.15) is 54.1 Å². The maximum absolute atomic E-state index is 13.0. The average molecular weight is 458 g/mol. The molecule has 0 radical (unpaired) electrons. The molecule has 3 rings (SSSR count). The highest BCUT2D eigenvalue weighted by Crippen LogP contribution is 2.27. The lowest BCUT2D eigenvalue weighted by molar-refractivity contribution is -0.120. The van der Waals surface area contributed by atoms with Gasteiger partial charge in [-0.25, -0.2) is 8.42 Å². The van der Waals surface area contributed by atoms with E-state index >= 15 is 0 Å². The van der Waals surface area contributed by atoms with Crippen molar-refractivity contribution in [3.8, 4) is 0 Å². The van der Waals surface area contributed by atoms with Crippen LogP contribution < -0.4 is 10.6 Å². The van der Waals surface area contributed by atoms with Gasteiger partial charge < -0.3 is 10.6 Å². The Balaban J connectivity index is 1.64. The van der Waals surface area contributed by atoms with Gasteiger partial charge in [-0.3, -0.25) is 9.59 Å². The van der Waals surface area contributed by atoms with Crippen molar-refractivity contribution in [1.29, 1.82) is 0 Å². The van der Waals surface area contributed by atoms with Crippen LogP contribution in [0.3, 0.4) is 0 Å². The van der Waals surface area contributed by atoms with Gasteiger partial charge in [0.05, 0.1) is 4.90 Å². The Kier molecular flexibility index (Phi) is 7.36. The van der Waals surface area contributed by atoms with Crippen molar-refractivity contribution >= 4 is 27.5 Å². The summed E-state index contributed by atoms with van der Waals surface area (Å²) in [6, 6.07) is 12.2. The SMILES string of the molecule is CNC(=O)c1ccc(C)c(NC(=O)C2CCN(S(=O)(=O)c3ccc(C(C)C)cc3)CC2)c1. The summed E-state index contributed by atoms with van der Waals surface area (Å²) in [6.07, 6.45) is 0.895. The number of rotatable bonds is 6. The quantitative estimate of drug-likeness (QED) is 0.694. The van der Waals surface area contributed by atoms with E-state index in [1.807, 2.05) is 19.1 Å². The molecule has 8 heteroatoms. The zero-order valence-corrected chi connectivity index (χ0v) is 19.8. The van der Waals surface area contributed by atoms with Gasteiger partial charge in [-0.1, -0.05) is 32.0 Å². The minimum absolute atomic E-state index is 0.152. The monoisotopic (exact) mass is 457 g/mol. The van der Waals surface area contributed by atoms with Crippen molar-refractivity contribution in [3.63, 3.8) is 0 Å². The van der Waals surface area contributed by atoms with Gasteiger partial charge in [-0.2, -0.15) is 4.31 Å². The Morgan fingerprint density at radius 1 is 1.03 bits per heavy atom. The Morgan fingerprint density at radius 3 is 2.22 bits per heavy atom. The van der Waals surface area contributed by atoms with Gasteiger partial charge in [0, 0.05) is 37.3 Å². The topological polar surface area (TPSA) is 95.6 Å². The second-order valence-corrected chi connectivity index (χ2v) is 10.4. The van der Waals surface area contributed by atoms with E-state index in [0.717, 1.165) is 11.1 Å². The molecular weight excluding hydrogens is 426 g/mol. The molecule has 0 spiro atoms. The highest BCUT2D eigenvalue weighted by atomic mass is 32.2. The molecule has 2 aromatic carbocycles. The molecule has 172 valence electrons. The summed E-state index contributed by atoms with van der Waals surface area (Å²) in [4.78, 5) is 25.0. The van der Waals surface area contributed by atoms with Crippen LogP contribution in [-0.4, -0.2) is 44.7 Å². The Labute approximate surface area is 190 Å². The molecule has 0 aliphatic carbocycles. The van der Waals surface area contributed by atoms with Crippen LogP contribution >= 0.6 is 0 Å². The molecule has 1 saturated heterocycles. The molecule has 1 heterocycles. The molecule has 1 aliphatic rings. The van der Waals surface area contributed by atoms with Gasteiger partial charge in [0.2, 0.25) is 15.9 Å². The van der Waals surface area contributed by atoms with E-state index in [0.29, 0.717) is 43.1 Å². The van der Waals surface area contributed by atoms with Gasteiger partial charge in [-0.15, -0.1) is 0 Å². The molecule has 2 aromatic rings. The molecule has 0 bridgehead atoms. The third kappa shape index (κ3) is 5.19. The predicted octanol–water partition coefficient (Wildman–Crippen LogP) is 3.52. The van der Waals surface area contributed by atoms with E-state index in [2.05, 4.69) is 24.5 Å². The average Bonchev–Trinajstić information content (AvgIpc) is 2.80. The highest BCUT2D eigenvalue weighted by Gasteiger charge is 2.32. The van der Waals surface area contributed by atoms with E-state index in [9.17, 15) is 18.0 Å². The molecular formula is C24H31N3O4S. The lowest BCUT2D eigenvalue weighted by atomic mass is 9.97. The van der Waals surface area contributed by atoms with Gasteiger partial charge in [0.15, 0.2) is 0 Å². The van der Waals surface area contributed by atoms with Gasteiger partial charge in [0.25, 0.3) is 5.91 Å². The number of sulfonamides is 1. The zero-order valence-electron chi connectivity index (χ0n) is 19.0. The van der Waals surface area contributed by atoms with E-state index in [-0.39, 0.29) is 22.6 Å². The number of aryl methyl sites for hydroxylation is 1. The number of carbonyl (C=O) groups is 2. The predicted molar refractivity (Wildman–Crippen MR) is 125 cm³/mol. The molecule has 0 aromatic heterocycles. The largest absolute Gasteiger partial charge is 0.355 e. The van der Waals surface area contributed by atoms with Gasteiger partial charge in [-0.05, 0) is 61.1 Å². The molecule has 1 aliphatic heterocycles. The van der Waals surface area contributed by atoms with Gasteiger partial charge in [0.1, 0.15) is 0 Å². The molecule has 0 atom stereocenters. The van der Waals surface area contributed by atoms with E-state index in [1.165, 1.54) is 4.31 Å². The molecule has 32 heavy (non-hydrogen) atoms. The van der Waals surface area contributed by atoms with E-state index in [4.69, 9.17) is 0 Å². The van der Waals surface area contributed by atoms with E-state index in [1.54, 1.807) is 37.4 Å². The number of hydrogen-bond acceptors (Lipinski definition) is 4. The third-order valence-electron chi connectivity index (χ3n) is 5.99. The smallest absolute Gasteiger partial charge is 0.251 e. The van der Waals surface area contributed by atoms with Gasteiger partial charge >= 0.3 is 0 Å². The first-order valence-electron chi connectivity index (χ1n) is 10.9. The maximum Gasteiger partial charge on any atom is 0.251 e. The van der Waals surface area contributed by atoms with Crippen molar-refractivity contribution < 1.29 is 18.0 Å². The molecule has 0 saturated carbocycles. The fourth-order valence-electron chi connectivity index (χ4n) is 3.81. The first-order valence-corrected chi connectivity index (χ1v) is 12.3. The van der Waals surface area contributed by atoms with Crippen LogP contribution in [0, 0.1) is 12.8 Å². The van der Waals surface area contributed by atoms with Crippen LogP contribution in [-0.2, 0) is 14.8 Å². The van der Waals surface area contributed by atoms with Crippen molar-refractivity contribution in [2.45, 2.75) is 44.4 Å². The summed E-state index contributed by atoms with van der Waals surface area (Å²) in [7, 11) is -2.02. The Morgan fingerprint density at radius 2 is 1.66 bits per heavy atom. The summed E-state index contributed by atoms with van der Waals surface area (Å²) in [6.45, 7) is 6.58. The highest BCUT2D eigenvalue weighted by molar-refractivity contribution is 7.89. The normalized spacial score (nSPS) is 15.5. The first kappa shape index (κ1) is 23.9. The number of benzene rings is 2. The van der Waals surface area contributed by atoms with Crippen molar-refractivity contribution in [2.75, 3.05) is 25.5 Å². The summed E-state index contributed by atoms with van der Waals surface area (Å²) in [5.74, 6) is -0.324. The summed E-state index contributed by atoms with van der Waals surface area (Å²) < 4.78 is 27.5. The number of hydrogen-bond donors (Lipinski definition) is 2. The molecule has 0 unspecified atom stereocenters. The second kappa shape index (κ2) is 9.83.